The second-order valence-corrected chi connectivity index (χ2v) is 10.0. The first kappa shape index (κ1) is 29.9. The molecule has 3 aliphatic rings. The number of ether oxygens (including phenoxy) is 5. The highest BCUT2D eigenvalue weighted by molar-refractivity contribution is 5.70. The quantitative estimate of drug-likeness (QED) is 0.160. The zero-order chi connectivity index (χ0) is 30.5. The zero-order valence-corrected chi connectivity index (χ0v) is 21.5. The number of phenols is 5. The zero-order valence-electron chi connectivity index (χ0n) is 21.5. The van der Waals surface area contributed by atoms with Gasteiger partial charge in [-0.1, -0.05) is 0 Å². The maximum atomic E-state index is 10.9. The van der Waals surface area contributed by atoms with E-state index in [-0.39, 0.29) is 28.4 Å². The van der Waals surface area contributed by atoms with E-state index >= 15 is 0 Å². The number of benzene rings is 2. The summed E-state index contributed by atoms with van der Waals surface area (Å²) in [6, 6.07) is 4.26. The molecule has 2 aromatic rings. The first-order valence-corrected chi connectivity index (χ1v) is 12.7. The smallest absolute Gasteiger partial charge is 0.229 e. The molecule has 230 valence electrons. The molecule has 3 aliphatic heterocycles. The third-order valence-corrected chi connectivity index (χ3v) is 7.11. The molecule has 3 heterocycles. The summed E-state index contributed by atoms with van der Waals surface area (Å²) in [7, 11) is 0. The molecule has 1 unspecified atom stereocenters. The van der Waals surface area contributed by atoms with E-state index in [0.29, 0.717) is 0 Å². The van der Waals surface area contributed by atoms with Gasteiger partial charge in [-0.2, -0.15) is 0 Å². The monoisotopic (exact) mass is 598 g/mol. The molecule has 2 saturated heterocycles. The van der Waals surface area contributed by atoms with Crippen molar-refractivity contribution in [3.05, 3.63) is 41.2 Å². The number of hydrogen-bond acceptors (Lipinski definition) is 16. The van der Waals surface area contributed by atoms with E-state index in [0.717, 1.165) is 18.2 Å². The molecule has 0 aromatic heterocycles. The van der Waals surface area contributed by atoms with Crippen molar-refractivity contribution in [1.82, 2.24) is 0 Å². The standard InChI is InChI=1S/C26H30O16/c27-6-17-20(35)21(36)24(42-25-22(37)19(34)14(32)7-38-25)26(41-17)40-16-5-10-11(29)3-9(28)4-15(10)39-23(16)8-1-12(30)18(33)13(31)2-8/h1-5,14,17,19-37H,6-7H2/t14-,17-,19-,20-,21+,22-,23?,24+,25-,26+/m0/s1. The number of aliphatic hydroxyl groups excluding tert-OH is 6. The Kier molecular flexibility index (Phi) is 8.26. The Hall–Kier alpha value is -3.58. The van der Waals surface area contributed by atoms with Gasteiger partial charge < -0.3 is 79.9 Å². The molecular weight excluding hydrogens is 568 g/mol. The lowest BCUT2D eigenvalue weighted by Crippen LogP contribution is -2.63. The van der Waals surface area contributed by atoms with Crippen molar-refractivity contribution in [1.29, 1.82) is 0 Å². The van der Waals surface area contributed by atoms with E-state index in [1.165, 1.54) is 12.1 Å². The minimum absolute atomic E-state index is 0.00162. The van der Waals surface area contributed by atoms with Crippen molar-refractivity contribution in [2.75, 3.05) is 13.2 Å². The fourth-order valence-electron chi connectivity index (χ4n) is 4.83. The SMILES string of the molecule is OC[C@@H]1O[C@@H](OC2=Cc3c(O)cc(O)cc3OC2c2cc(O)c(O)c(O)c2)[C@H](O[C@@H]2OC[C@H](O)[C@H](O)[C@@H]2O)[C@H](O)[C@H]1O. The van der Waals surface area contributed by atoms with Crippen molar-refractivity contribution in [2.45, 2.75) is 61.4 Å². The van der Waals surface area contributed by atoms with Gasteiger partial charge in [-0.05, 0) is 18.2 Å². The third kappa shape index (κ3) is 5.47. The molecule has 0 amide bonds. The Morgan fingerprint density at radius 1 is 0.786 bits per heavy atom. The normalized spacial score (nSPS) is 34.7. The maximum absolute atomic E-state index is 10.9. The minimum Gasteiger partial charge on any atom is -0.508 e. The molecule has 42 heavy (non-hydrogen) atoms. The highest BCUT2D eigenvalue weighted by atomic mass is 16.8. The summed E-state index contributed by atoms with van der Waals surface area (Å²) in [5.74, 6) is -3.33. The molecule has 0 aliphatic carbocycles. The third-order valence-electron chi connectivity index (χ3n) is 7.11. The van der Waals surface area contributed by atoms with Gasteiger partial charge in [-0.3, -0.25) is 0 Å². The lowest BCUT2D eigenvalue weighted by molar-refractivity contribution is -0.352. The molecule has 0 saturated carbocycles. The first-order chi connectivity index (χ1) is 19.9. The molecule has 2 fully saturated rings. The van der Waals surface area contributed by atoms with Crippen LogP contribution in [-0.2, 0) is 18.9 Å². The second kappa shape index (κ2) is 11.6. The number of aliphatic hydroxyl groups is 6. The topological polar surface area (TPSA) is 269 Å². The number of hydrogen-bond donors (Lipinski definition) is 11. The molecule has 0 radical (unpaired) electrons. The Balaban J connectivity index is 1.53. The lowest BCUT2D eigenvalue weighted by Gasteiger charge is -2.45. The molecule has 0 bridgehead atoms. The number of fused-ring (bicyclic) bond motifs is 1. The molecule has 11 N–H and O–H groups in total. The van der Waals surface area contributed by atoms with Gasteiger partial charge in [0.05, 0.1) is 18.8 Å². The van der Waals surface area contributed by atoms with Crippen molar-refractivity contribution < 1.29 is 79.9 Å². The summed E-state index contributed by atoms with van der Waals surface area (Å²) in [6.07, 6.45) is -15.0. The summed E-state index contributed by atoms with van der Waals surface area (Å²) >= 11 is 0. The van der Waals surface area contributed by atoms with Crippen molar-refractivity contribution in [2.24, 2.45) is 0 Å². The van der Waals surface area contributed by atoms with E-state index in [1.54, 1.807) is 0 Å². The van der Waals surface area contributed by atoms with Crippen LogP contribution in [0.5, 0.6) is 34.5 Å². The average molecular weight is 599 g/mol. The fourth-order valence-corrected chi connectivity index (χ4v) is 4.83. The van der Waals surface area contributed by atoms with Crippen molar-refractivity contribution in [3.63, 3.8) is 0 Å². The van der Waals surface area contributed by atoms with Crippen LogP contribution in [0.3, 0.4) is 0 Å². The molecule has 5 rings (SSSR count). The summed E-state index contributed by atoms with van der Waals surface area (Å²) in [6.45, 7) is -1.22. The van der Waals surface area contributed by atoms with E-state index in [4.69, 9.17) is 23.7 Å². The second-order valence-electron chi connectivity index (χ2n) is 10.0. The molecule has 2 aromatic carbocycles. The van der Waals surface area contributed by atoms with Gasteiger partial charge in [-0.25, -0.2) is 0 Å². The summed E-state index contributed by atoms with van der Waals surface area (Å²) in [5.41, 5.74) is 0.0141. The van der Waals surface area contributed by atoms with Crippen LogP contribution in [0, 0.1) is 0 Å². The van der Waals surface area contributed by atoms with Crippen LogP contribution in [-0.4, -0.2) is 125 Å². The number of phenolic OH excluding ortho intramolecular Hbond substituents is 5. The van der Waals surface area contributed by atoms with Crippen LogP contribution >= 0.6 is 0 Å². The van der Waals surface area contributed by atoms with E-state index in [9.17, 15) is 56.2 Å². The van der Waals surface area contributed by atoms with Gasteiger partial charge in [0, 0.05) is 17.7 Å². The number of aromatic hydroxyl groups is 5. The Morgan fingerprint density at radius 3 is 2.14 bits per heavy atom. The molecular formula is C26H30O16. The summed E-state index contributed by atoms with van der Waals surface area (Å²) in [5, 5.41) is 112. The van der Waals surface area contributed by atoms with E-state index in [1.807, 2.05) is 0 Å². The van der Waals surface area contributed by atoms with Gasteiger partial charge in [-0.15, -0.1) is 0 Å². The minimum atomic E-state index is -1.83. The van der Waals surface area contributed by atoms with Crippen LogP contribution < -0.4 is 4.74 Å². The average Bonchev–Trinajstić information content (AvgIpc) is 2.95. The van der Waals surface area contributed by atoms with Gasteiger partial charge in [0.2, 0.25) is 6.29 Å². The van der Waals surface area contributed by atoms with E-state index < -0.39 is 97.6 Å². The van der Waals surface area contributed by atoms with Gasteiger partial charge in [0.25, 0.3) is 0 Å². The predicted octanol–water partition coefficient (Wildman–Crippen LogP) is -2.03. The molecule has 0 spiro atoms. The van der Waals surface area contributed by atoms with Gasteiger partial charge >= 0.3 is 0 Å². The predicted molar refractivity (Wildman–Crippen MR) is 134 cm³/mol. The van der Waals surface area contributed by atoms with Crippen LogP contribution in [0.2, 0.25) is 0 Å². The Bertz CT molecular complexity index is 1310. The molecule has 10 atom stereocenters. The highest BCUT2D eigenvalue weighted by Crippen LogP contribution is 2.47. The Morgan fingerprint density at radius 2 is 1.48 bits per heavy atom. The maximum Gasteiger partial charge on any atom is 0.229 e. The van der Waals surface area contributed by atoms with Gasteiger partial charge in [0.1, 0.15) is 59.6 Å². The van der Waals surface area contributed by atoms with Gasteiger partial charge in [0.15, 0.2) is 35.7 Å². The fraction of sp³-hybridized carbons (Fsp3) is 0.462. The van der Waals surface area contributed by atoms with E-state index in [2.05, 4.69) is 0 Å². The highest BCUT2D eigenvalue weighted by Gasteiger charge is 2.50. The largest absolute Gasteiger partial charge is 0.508 e. The first-order valence-electron chi connectivity index (χ1n) is 12.7. The van der Waals surface area contributed by atoms with Crippen LogP contribution in [0.25, 0.3) is 6.08 Å². The van der Waals surface area contributed by atoms with Crippen LogP contribution in [0.1, 0.15) is 17.2 Å². The van der Waals surface area contributed by atoms with Crippen molar-refractivity contribution in [3.8, 4) is 34.5 Å². The summed E-state index contributed by atoms with van der Waals surface area (Å²) < 4.78 is 28.5. The van der Waals surface area contributed by atoms with Crippen LogP contribution in [0.4, 0.5) is 0 Å². The summed E-state index contributed by atoms with van der Waals surface area (Å²) in [4.78, 5) is 0. The number of rotatable bonds is 6. The van der Waals surface area contributed by atoms with Crippen LogP contribution in [0.15, 0.2) is 30.0 Å². The molecule has 16 heteroatoms. The Labute approximate surface area is 236 Å². The lowest BCUT2D eigenvalue weighted by atomic mass is 9.97. The van der Waals surface area contributed by atoms with Crippen molar-refractivity contribution >= 4 is 6.08 Å². The molecule has 16 nitrogen and oxygen atoms in total.